The lowest BCUT2D eigenvalue weighted by molar-refractivity contribution is -0.136. The predicted octanol–water partition coefficient (Wildman–Crippen LogP) is 4.18. The number of thioether (sulfide) groups is 1. The Balaban J connectivity index is 0.904. The fourth-order valence-corrected chi connectivity index (χ4v) is 10.7. The van der Waals surface area contributed by atoms with Crippen molar-refractivity contribution in [3.63, 3.8) is 0 Å². The standard InChI is InChI=1S/C45H47F3N6O11S3/c46-45(47,48)67(60,61)39-28-34(68(62,63)51-41(56)30-7-3-1-4-8-30)12-14-37(39)49-31(29-66-33-9-5-2-6-10-33)17-18-52-19-21-53(22-20-52)23-24-64-25-26-65-32-11-13-35-36(27-32)44(59)54(43(35)58)38-15-16-40(55)50-42(38)57/h1-14,27-28,31,38,49H,15-26,29H2,(H,51,56)(H,50,55,57)/t31-,38-/m1/s1. The number of halogens is 3. The van der Waals surface area contributed by atoms with E-state index in [2.05, 4.69) is 20.4 Å². The van der Waals surface area contributed by atoms with Gasteiger partial charge >= 0.3 is 5.51 Å². The van der Waals surface area contributed by atoms with Crippen LogP contribution in [0.25, 0.3) is 0 Å². The molecule has 0 spiro atoms. The Morgan fingerprint density at radius 3 is 2.13 bits per heavy atom. The first-order valence-electron chi connectivity index (χ1n) is 21.4. The van der Waals surface area contributed by atoms with Crippen molar-refractivity contribution in [2.24, 2.45) is 0 Å². The second-order valence-electron chi connectivity index (χ2n) is 16.0. The second kappa shape index (κ2) is 21.6. The van der Waals surface area contributed by atoms with E-state index in [4.69, 9.17) is 9.47 Å². The summed E-state index contributed by atoms with van der Waals surface area (Å²) in [7, 11) is -10.9. The molecule has 68 heavy (non-hydrogen) atoms. The van der Waals surface area contributed by atoms with Gasteiger partial charge in [0.2, 0.25) is 11.8 Å². The number of imide groups is 2. The minimum atomic E-state index is -6.08. The number of piperazine rings is 1. The maximum absolute atomic E-state index is 14.1. The number of carbonyl (C=O) groups is 5. The van der Waals surface area contributed by atoms with E-state index in [1.165, 1.54) is 48.2 Å². The quantitative estimate of drug-likeness (QED) is 0.0643. The van der Waals surface area contributed by atoms with Crippen LogP contribution in [0.1, 0.15) is 50.3 Å². The molecular weight excluding hydrogens is 954 g/mol. The van der Waals surface area contributed by atoms with Gasteiger partial charge in [0.25, 0.3) is 37.6 Å². The molecule has 0 unspecified atom stereocenters. The van der Waals surface area contributed by atoms with Crippen molar-refractivity contribution < 1.29 is 63.5 Å². The van der Waals surface area contributed by atoms with Crippen molar-refractivity contribution >= 4 is 66.8 Å². The summed E-state index contributed by atoms with van der Waals surface area (Å²) in [4.78, 5) is 66.6. The van der Waals surface area contributed by atoms with Gasteiger partial charge in [0, 0.05) is 67.9 Å². The molecule has 0 aromatic heterocycles. The Hall–Kier alpha value is -5.85. The number of benzene rings is 4. The summed E-state index contributed by atoms with van der Waals surface area (Å²) in [5, 5.41) is 5.14. The largest absolute Gasteiger partial charge is 0.501 e. The van der Waals surface area contributed by atoms with Crippen LogP contribution in [-0.4, -0.2) is 144 Å². The van der Waals surface area contributed by atoms with Gasteiger partial charge < -0.3 is 19.7 Å². The number of piperidine rings is 1. The number of rotatable bonds is 20. The van der Waals surface area contributed by atoms with Gasteiger partial charge in [0.15, 0.2) is 0 Å². The molecule has 0 bridgehead atoms. The molecular formula is C45H47F3N6O11S3. The van der Waals surface area contributed by atoms with Crippen LogP contribution in [0, 0.1) is 0 Å². The fourth-order valence-electron chi connectivity index (χ4n) is 7.73. The van der Waals surface area contributed by atoms with Crippen LogP contribution in [0.15, 0.2) is 112 Å². The highest BCUT2D eigenvalue weighted by Gasteiger charge is 2.49. The Morgan fingerprint density at radius 2 is 1.46 bits per heavy atom. The number of alkyl halides is 3. The molecule has 3 N–H and O–H groups in total. The van der Waals surface area contributed by atoms with Crippen molar-refractivity contribution in [1.29, 1.82) is 0 Å². The smallest absolute Gasteiger partial charge is 0.491 e. The number of hydrogen-bond donors (Lipinski definition) is 3. The number of amides is 5. The van der Waals surface area contributed by atoms with Crippen LogP contribution in [0.3, 0.4) is 0 Å². The normalized spacial score (nSPS) is 17.7. The summed E-state index contributed by atoms with van der Waals surface area (Å²) in [6, 6.07) is 21.6. The third-order valence-electron chi connectivity index (χ3n) is 11.4. The molecule has 0 saturated carbocycles. The molecule has 3 aliphatic rings. The Morgan fingerprint density at radius 1 is 0.794 bits per heavy atom. The monoisotopic (exact) mass is 1000 g/mol. The van der Waals surface area contributed by atoms with Gasteiger partial charge in [0.05, 0.1) is 34.9 Å². The number of sulfone groups is 1. The lowest BCUT2D eigenvalue weighted by Crippen LogP contribution is -2.54. The molecule has 4 aromatic rings. The Labute approximate surface area is 394 Å². The van der Waals surface area contributed by atoms with Crippen LogP contribution in [0.5, 0.6) is 5.75 Å². The SMILES string of the molecule is O=C1CC[C@@H](N2C(=O)c3ccc(OCCOCCN4CCN(CC[C@H](CSc5ccccc5)Nc5ccc(S(=O)(=O)NC(=O)c6ccccc6)cc5S(=O)(=O)C(F)(F)F)CC4)cc3C2=O)C(=O)N1. The minimum absolute atomic E-state index is 0.0168. The minimum Gasteiger partial charge on any atom is -0.491 e. The number of hydrogen-bond acceptors (Lipinski definition) is 15. The second-order valence-corrected chi connectivity index (χ2v) is 20.6. The number of nitrogens with zero attached hydrogens (tertiary/aromatic N) is 3. The molecule has 7 rings (SSSR count). The van der Waals surface area contributed by atoms with Gasteiger partial charge in [-0.15, -0.1) is 11.8 Å². The summed E-state index contributed by atoms with van der Waals surface area (Å²) in [5.41, 5.74) is -6.00. The van der Waals surface area contributed by atoms with E-state index in [9.17, 15) is 54.0 Å². The zero-order valence-corrected chi connectivity index (χ0v) is 38.7. The zero-order chi connectivity index (χ0) is 48.6. The van der Waals surface area contributed by atoms with Crippen molar-refractivity contribution in [1.82, 2.24) is 24.7 Å². The fraction of sp³-hybridized carbons (Fsp3) is 0.356. The van der Waals surface area contributed by atoms with Crippen molar-refractivity contribution in [2.45, 2.75) is 51.5 Å². The first-order valence-corrected chi connectivity index (χ1v) is 25.4. The molecule has 3 aliphatic heterocycles. The number of fused-ring (bicyclic) bond motifs is 1. The van der Waals surface area contributed by atoms with E-state index in [1.54, 1.807) is 16.9 Å². The van der Waals surface area contributed by atoms with Crippen molar-refractivity contribution in [2.75, 3.05) is 70.2 Å². The molecule has 2 atom stereocenters. The first kappa shape index (κ1) is 50.0. The average molecular weight is 1000 g/mol. The number of ether oxygens (including phenoxy) is 2. The van der Waals surface area contributed by atoms with Gasteiger partial charge in [-0.2, -0.15) is 13.2 Å². The zero-order valence-electron chi connectivity index (χ0n) is 36.3. The summed E-state index contributed by atoms with van der Waals surface area (Å²) >= 11 is 1.41. The van der Waals surface area contributed by atoms with E-state index in [1.807, 2.05) is 30.3 Å². The molecule has 0 aliphatic carbocycles. The lowest BCUT2D eigenvalue weighted by atomic mass is 10.0. The molecule has 362 valence electrons. The summed E-state index contributed by atoms with van der Waals surface area (Å²) in [6.45, 7) is 4.63. The highest BCUT2D eigenvalue weighted by atomic mass is 32.2. The maximum Gasteiger partial charge on any atom is 0.501 e. The lowest BCUT2D eigenvalue weighted by Gasteiger charge is -2.35. The van der Waals surface area contributed by atoms with Gasteiger partial charge in [-0.25, -0.2) is 21.6 Å². The van der Waals surface area contributed by atoms with E-state index in [0.29, 0.717) is 69.9 Å². The van der Waals surface area contributed by atoms with Gasteiger partial charge in [-0.3, -0.25) is 39.1 Å². The highest BCUT2D eigenvalue weighted by molar-refractivity contribution is 7.99. The summed E-state index contributed by atoms with van der Waals surface area (Å²) < 4.78 is 108. The molecule has 23 heteroatoms. The maximum atomic E-state index is 14.1. The topological polar surface area (TPSA) is 218 Å². The number of carbonyl (C=O) groups excluding carboxylic acids is 5. The van der Waals surface area contributed by atoms with Crippen LogP contribution in [0.4, 0.5) is 18.9 Å². The number of sulfonamides is 1. The average Bonchev–Trinajstić information content (AvgIpc) is 3.56. The van der Waals surface area contributed by atoms with Crippen molar-refractivity contribution in [3.8, 4) is 5.75 Å². The first-order chi connectivity index (χ1) is 32.4. The van der Waals surface area contributed by atoms with E-state index >= 15 is 0 Å². The molecule has 4 aromatic carbocycles. The molecule has 2 saturated heterocycles. The van der Waals surface area contributed by atoms with Crippen LogP contribution < -0.4 is 20.1 Å². The Kier molecular flexibility index (Phi) is 15.9. The third kappa shape index (κ3) is 12.1. The summed E-state index contributed by atoms with van der Waals surface area (Å²) in [6.07, 6.45) is 0.451. The van der Waals surface area contributed by atoms with Gasteiger partial charge in [0.1, 0.15) is 23.3 Å². The highest BCUT2D eigenvalue weighted by Crippen LogP contribution is 2.37. The van der Waals surface area contributed by atoms with Gasteiger partial charge in [-0.1, -0.05) is 36.4 Å². The molecule has 5 amide bonds. The molecule has 0 radical (unpaired) electrons. The van der Waals surface area contributed by atoms with E-state index < -0.39 is 82.5 Å². The molecule has 17 nitrogen and oxygen atoms in total. The van der Waals surface area contributed by atoms with E-state index in [-0.39, 0.29) is 42.7 Å². The van der Waals surface area contributed by atoms with Crippen molar-refractivity contribution in [3.05, 3.63) is 114 Å². The molecule has 3 heterocycles. The van der Waals surface area contributed by atoms with Crippen LogP contribution >= 0.6 is 11.8 Å². The van der Waals surface area contributed by atoms with Crippen LogP contribution in [-0.2, 0) is 34.2 Å². The van der Waals surface area contributed by atoms with E-state index in [0.717, 1.165) is 21.9 Å². The number of anilines is 1. The third-order valence-corrected chi connectivity index (χ3v) is 15.4. The van der Waals surface area contributed by atoms with Gasteiger partial charge in [-0.05, 0) is 73.5 Å². The predicted molar refractivity (Wildman–Crippen MR) is 242 cm³/mol. The van der Waals surface area contributed by atoms with Crippen LogP contribution in [0.2, 0.25) is 0 Å². The Bertz CT molecular complexity index is 2740. The number of nitrogens with one attached hydrogen (secondary N) is 3. The molecule has 2 fully saturated rings. The summed E-state index contributed by atoms with van der Waals surface area (Å²) in [5.74, 6) is -2.80.